The van der Waals surface area contributed by atoms with Crippen LogP contribution in [0.15, 0.2) is 48.5 Å². The van der Waals surface area contributed by atoms with Crippen LogP contribution < -0.4 is 0 Å². The molecule has 0 spiro atoms. The van der Waals surface area contributed by atoms with Crippen LogP contribution in [0, 0.1) is 11.6 Å². The van der Waals surface area contributed by atoms with Crippen LogP contribution in [0.3, 0.4) is 0 Å². The molecule has 3 rings (SSSR count). The summed E-state index contributed by atoms with van der Waals surface area (Å²) < 4.78 is 27.6. The van der Waals surface area contributed by atoms with Gasteiger partial charge in [0.05, 0.1) is 5.41 Å². The van der Waals surface area contributed by atoms with Gasteiger partial charge in [-0.2, -0.15) is 0 Å². The van der Waals surface area contributed by atoms with E-state index in [1.807, 2.05) is 7.05 Å². The van der Waals surface area contributed by atoms with Crippen molar-refractivity contribution in [3.8, 4) is 0 Å². The summed E-state index contributed by atoms with van der Waals surface area (Å²) >= 11 is 0. The summed E-state index contributed by atoms with van der Waals surface area (Å²) in [5.74, 6) is -0.868. The SMILES string of the molecule is CN1CCC(C(=O)c2ccc(F)cc2)(c2ccccc2F)CC1. The lowest BCUT2D eigenvalue weighted by Gasteiger charge is -2.40. The van der Waals surface area contributed by atoms with Crippen LogP contribution in [-0.4, -0.2) is 30.8 Å². The molecule has 120 valence electrons. The van der Waals surface area contributed by atoms with Crippen molar-refractivity contribution in [3.63, 3.8) is 0 Å². The number of carbonyl (C=O) groups is 1. The van der Waals surface area contributed by atoms with E-state index >= 15 is 0 Å². The second kappa shape index (κ2) is 6.20. The van der Waals surface area contributed by atoms with Gasteiger partial charge < -0.3 is 4.90 Å². The van der Waals surface area contributed by atoms with Crippen molar-refractivity contribution in [1.82, 2.24) is 4.90 Å². The average molecular weight is 315 g/mol. The van der Waals surface area contributed by atoms with Gasteiger partial charge in [-0.3, -0.25) is 4.79 Å². The van der Waals surface area contributed by atoms with Gasteiger partial charge in [-0.25, -0.2) is 8.78 Å². The summed E-state index contributed by atoms with van der Waals surface area (Å²) in [6.07, 6.45) is 1.11. The normalized spacial score (nSPS) is 17.9. The first-order chi connectivity index (χ1) is 11.0. The molecule has 1 aliphatic rings. The first-order valence-electron chi connectivity index (χ1n) is 7.77. The number of likely N-dealkylation sites (tertiary alicyclic amines) is 1. The van der Waals surface area contributed by atoms with Crippen LogP contribution in [0.5, 0.6) is 0 Å². The zero-order chi connectivity index (χ0) is 16.4. The quantitative estimate of drug-likeness (QED) is 0.803. The van der Waals surface area contributed by atoms with Gasteiger partial charge in [0.25, 0.3) is 0 Å². The summed E-state index contributed by atoms with van der Waals surface area (Å²) in [5, 5.41) is 0. The fraction of sp³-hybridized carbons (Fsp3) is 0.316. The predicted molar refractivity (Wildman–Crippen MR) is 85.5 cm³/mol. The minimum absolute atomic E-state index is 0.129. The van der Waals surface area contributed by atoms with Crippen LogP contribution in [0.25, 0.3) is 0 Å². The van der Waals surface area contributed by atoms with E-state index in [0.29, 0.717) is 24.0 Å². The average Bonchev–Trinajstić information content (AvgIpc) is 2.57. The summed E-state index contributed by atoms with van der Waals surface area (Å²) in [4.78, 5) is 15.3. The molecule has 0 radical (unpaired) electrons. The fourth-order valence-corrected chi connectivity index (χ4v) is 3.35. The molecule has 1 saturated heterocycles. The van der Waals surface area contributed by atoms with E-state index in [2.05, 4.69) is 4.90 Å². The molecule has 0 aliphatic carbocycles. The minimum atomic E-state index is -0.879. The lowest BCUT2D eigenvalue weighted by atomic mass is 9.68. The number of benzene rings is 2. The van der Waals surface area contributed by atoms with Gasteiger partial charge in [0, 0.05) is 11.1 Å². The Labute approximate surface area is 134 Å². The molecule has 1 aliphatic heterocycles. The number of hydrogen-bond donors (Lipinski definition) is 0. The van der Waals surface area contributed by atoms with Crippen molar-refractivity contribution in [2.75, 3.05) is 20.1 Å². The molecule has 2 aromatic carbocycles. The van der Waals surface area contributed by atoms with Gasteiger partial charge >= 0.3 is 0 Å². The number of Topliss-reactive ketones (excluding diaryl/α,β-unsaturated/α-hetero) is 1. The van der Waals surface area contributed by atoms with Gasteiger partial charge in [0.1, 0.15) is 11.6 Å². The molecule has 2 aromatic rings. The van der Waals surface area contributed by atoms with Crippen molar-refractivity contribution in [2.24, 2.45) is 0 Å². The molecule has 23 heavy (non-hydrogen) atoms. The van der Waals surface area contributed by atoms with Crippen molar-refractivity contribution in [2.45, 2.75) is 18.3 Å². The monoisotopic (exact) mass is 315 g/mol. The molecule has 0 unspecified atom stereocenters. The number of hydrogen-bond acceptors (Lipinski definition) is 2. The summed E-state index contributed by atoms with van der Waals surface area (Å²) in [6, 6.07) is 12.0. The lowest BCUT2D eigenvalue weighted by molar-refractivity contribution is 0.0787. The van der Waals surface area contributed by atoms with Gasteiger partial charge in [-0.1, -0.05) is 18.2 Å². The van der Waals surface area contributed by atoms with E-state index in [1.54, 1.807) is 18.2 Å². The molecule has 0 bridgehead atoms. The molecule has 0 aromatic heterocycles. The summed E-state index contributed by atoms with van der Waals surface area (Å²) in [7, 11) is 1.99. The van der Waals surface area contributed by atoms with Crippen molar-refractivity contribution in [1.29, 1.82) is 0 Å². The van der Waals surface area contributed by atoms with E-state index in [9.17, 15) is 13.6 Å². The Morgan fingerprint density at radius 3 is 2.22 bits per heavy atom. The van der Waals surface area contributed by atoms with Crippen molar-refractivity contribution >= 4 is 5.78 Å². The van der Waals surface area contributed by atoms with E-state index in [0.717, 1.165) is 13.1 Å². The highest BCUT2D eigenvalue weighted by Gasteiger charge is 2.44. The Hall–Kier alpha value is -2.07. The zero-order valence-electron chi connectivity index (χ0n) is 13.1. The van der Waals surface area contributed by atoms with E-state index < -0.39 is 5.41 Å². The number of rotatable bonds is 3. The maximum absolute atomic E-state index is 14.4. The first kappa shape index (κ1) is 15.8. The molecule has 1 heterocycles. The molecular formula is C19H19F2NO. The largest absolute Gasteiger partial charge is 0.306 e. The lowest BCUT2D eigenvalue weighted by Crippen LogP contribution is -2.46. The standard InChI is InChI=1S/C19H19F2NO/c1-22-12-10-19(11-13-22,16-4-2-3-5-17(16)21)18(23)14-6-8-15(20)9-7-14/h2-9H,10-13H2,1H3. The molecule has 4 heteroatoms. The van der Waals surface area contributed by atoms with E-state index in [4.69, 9.17) is 0 Å². The van der Waals surface area contributed by atoms with E-state index in [-0.39, 0.29) is 17.4 Å². The first-order valence-corrected chi connectivity index (χ1v) is 7.77. The maximum atomic E-state index is 14.4. The topological polar surface area (TPSA) is 20.3 Å². The highest BCUT2D eigenvalue weighted by Crippen LogP contribution is 2.39. The molecular weight excluding hydrogens is 296 g/mol. The van der Waals surface area contributed by atoms with Crippen LogP contribution >= 0.6 is 0 Å². The Morgan fingerprint density at radius 2 is 1.61 bits per heavy atom. The van der Waals surface area contributed by atoms with Gasteiger partial charge in [-0.05, 0) is 63.3 Å². The second-order valence-corrected chi connectivity index (χ2v) is 6.20. The molecule has 1 fully saturated rings. The Morgan fingerprint density at radius 1 is 1.00 bits per heavy atom. The highest BCUT2D eigenvalue weighted by molar-refractivity contribution is 6.04. The van der Waals surface area contributed by atoms with Crippen LogP contribution in [0.4, 0.5) is 8.78 Å². The van der Waals surface area contributed by atoms with Crippen molar-refractivity contribution in [3.05, 3.63) is 71.3 Å². The third-order valence-electron chi connectivity index (χ3n) is 4.77. The summed E-state index contributed by atoms with van der Waals surface area (Å²) in [5.41, 5.74) is -0.00277. The maximum Gasteiger partial charge on any atom is 0.173 e. The van der Waals surface area contributed by atoms with E-state index in [1.165, 1.54) is 30.3 Å². The van der Waals surface area contributed by atoms with Crippen LogP contribution in [0.2, 0.25) is 0 Å². The molecule has 0 N–H and O–H groups in total. The van der Waals surface area contributed by atoms with Gasteiger partial charge in [-0.15, -0.1) is 0 Å². The summed E-state index contributed by atoms with van der Waals surface area (Å²) in [6.45, 7) is 1.45. The predicted octanol–water partition coefficient (Wildman–Crippen LogP) is 3.81. The molecule has 2 nitrogen and oxygen atoms in total. The van der Waals surface area contributed by atoms with Crippen molar-refractivity contribution < 1.29 is 13.6 Å². The number of carbonyl (C=O) groups excluding carboxylic acids is 1. The third-order valence-corrected chi connectivity index (χ3v) is 4.77. The van der Waals surface area contributed by atoms with Crippen LogP contribution in [-0.2, 0) is 5.41 Å². The Bertz CT molecular complexity index is 704. The molecule has 0 atom stereocenters. The fourth-order valence-electron chi connectivity index (χ4n) is 3.35. The Kier molecular flexibility index (Phi) is 4.26. The molecule has 0 amide bonds. The highest BCUT2D eigenvalue weighted by atomic mass is 19.1. The number of nitrogens with zero attached hydrogens (tertiary/aromatic N) is 1. The second-order valence-electron chi connectivity index (χ2n) is 6.20. The van der Waals surface area contributed by atoms with Gasteiger partial charge in [0.15, 0.2) is 5.78 Å². The Balaban J connectivity index is 2.07. The molecule has 0 saturated carbocycles. The number of ketones is 1. The smallest absolute Gasteiger partial charge is 0.173 e. The minimum Gasteiger partial charge on any atom is -0.306 e. The zero-order valence-corrected chi connectivity index (χ0v) is 13.1. The third kappa shape index (κ3) is 2.91. The number of piperidine rings is 1. The van der Waals surface area contributed by atoms with Crippen LogP contribution in [0.1, 0.15) is 28.8 Å². The number of halogens is 2. The van der Waals surface area contributed by atoms with Gasteiger partial charge in [0.2, 0.25) is 0 Å².